The van der Waals surface area contributed by atoms with E-state index < -0.39 is 0 Å². The van der Waals surface area contributed by atoms with Crippen molar-refractivity contribution in [3.05, 3.63) is 231 Å². The van der Waals surface area contributed by atoms with Gasteiger partial charge in [-0.25, -0.2) is 0 Å². The van der Waals surface area contributed by atoms with Crippen LogP contribution in [0.1, 0.15) is 0 Å². The zero-order valence-corrected chi connectivity index (χ0v) is 33.2. The Bertz CT molecular complexity index is 3540. The Morgan fingerprint density at radius 1 is 0.295 bits per heavy atom. The summed E-state index contributed by atoms with van der Waals surface area (Å²) in [6, 6.07) is 82.8. The second-order valence-electron chi connectivity index (χ2n) is 15.6. The average Bonchev–Trinajstić information content (AvgIpc) is 3.72. The molecule has 0 spiro atoms. The summed E-state index contributed by atoms with van der Waals surface area (Å²) in [5.41, 5.74) is 10.5. The largest absolute Gasteiger partial charge is 0.454 e. The van der Waals surface area contributed by atoms with Crippen LogP contribution < -0.4 is 9.80 Å². The van der Waals surface area contributed by atoms with Crippen LogP contribution in [0.2, 0.25) is 0 Å². The molecule has 0 saturated carbocycles. The van der Waals surface area contributed by atoms with Crippen molar-refractivity contribution in [1.82, 2.24) is 0 Å². The number of rotatable bonds is 7. The summed E-state index contributed by atoms with van der Waals surface area (Å²) in [6.07, 6.45) is 0. The van der Waals surface area contributed by atoms with E-state index in [0.29, 0.717) is 0 Å². The Balaban J connectivity index is 1.09. The van der Waals surface area contributed by atoms with Gasteiger partial charge in [-0.15, -0.1) is 0 Å². The van der Waals surface area contributed by atoms with Crippen molar-refractivity contribution in [3.63, 3.8) is 0 Å². The van der Waals surface area contributed by atoms with E-state index in [-0.39, 0.29) is 0 Å². The molecule has 0 aliphatic carbocycles. The lowest BCUT2D eigenvalue weighted by atomic mass is 9.90. The molecule has 0 aliphatic rings. The molecular weight excluding hydrogens is 741 g/mol. The number of nitrogens with zero attached hydrogens (tertiary/aromatic N) is 2. The lowest BCUT2D eigenvalue weighted by molar-refractivity contribution is 0.669. The van der Waals surface area contributed by atoms with Crippen LogP contribution in [0, 0.1) is 0 Å². The number of furan rings is 1. The third-order valence-electron chi connectivity index (χ3n) is 12.2. The fourth-order valence-electron chi connectivity index (χ4n) is 9.48. The monoisotopic (exact) mass is 778 g/mol. The van der Waals surface area contributed by atoms with Gasteiger partial charge in [0.25, 0.3) is 0 Å². The molecule has 0 fully saturated rings. The molecule has 286 valence electrons. The highest BCUT2D eigenvalue weighted by atomic mass is 16.3. The fourth-order valence-corrected chi connectivity index (χ4v) is 9.48. The Hall–Kier alpha value is -8.14. The molecule has 0 N–H and O–H groups in total. The van der Waals surface area contributed by atoms with Crippen LogP contribution in [0.4, 0.5) is 34.1 Å². The highest BCUT2D eigenvalue weighted by Gasteiger charge is 2.23. The van der Waals surface area contributed by atoms with Crippen LogP contribution >= 0.6 is 0 Å². The van der Waals surface area contributed by atoms with Crippen molar-refractivity contribution >= 4 is 99.2 Å². The SMILES string of the molecule is c1ccc(-c2ccccc2N(c2ccc3c(c2)c2ccccc2c2c4ccc(N(c5ccccc5)c5ccccc5)cc4ccc32)c2cccc3c2oc2ccccc23)cc1. The Labute approximate surface area is 353 Å². The van der Waals surface area contributed by atoms with Crippen LogP contribution in [0.25, 0.3) is 76.2 Å². The van der Waals surface area contributed by atoms with Gasteiger partial charge in [-0.05, 0) is 115 Å². The topological polar surface area (TPSA) is 19.6 Å². The van der Waals surface area contributed by atoms with E-state index in [1.165, 1.54) is 43.1 Å². The van der Waals surface area contributed by atoms with Crippen molar-refractivity contribution in [2.45, 2.75) is 0 Å². The minimum Gasteiger partial charge on any atom is -0.454 e. The van der Waals surface area contributed by atoms with Gasteiger partial charge in [0.1, 0.15) is 5.58 Å². The normalized spacial score (nSPS) is 11.6. The highest BCUT2D eigenvalue weighted by molar-refractivity contribution is 6.32. The lowest BCUT2D eigenvalue weighted by Crippen LogP contribution is -2.11. The van der Waals surface area contributed by atoms with E-state index in [4.69, 9.17) is 4.42 Å². The molecule has 3 nitrogen and oxygen atoms in total. The molecule has 1 aromatic heterocycles. The van der Waals surface area contributed by atoms with Crippen LogP contribution in [-0.2, 0) is 0 Å². The number of para-hydroxylation sites is 5. The van der Waals surface area contributed by atoms with Gasteiger partial charge in [0, 0.05) is 39.1 Å². The molecule has 3 heteroatoms. The zero-order chi connectivity index (χ0) is 40.3. The average molecular weight is 779 g/mol. The summed E-state index contributed by atoms with van der Waals surface area (Å²) < 4.78 is 6.74. The molecule has 0 saturated heterocycles. The van der Waals surface area contributed by atoms with Crippen LogP contribution in [0.3, 0.4) is 0 Å². The summed E-state index contributed by atoms with van der Waals surface area (Å²) >= 11 is 0. The standard InChI is InChI=1S/C58H38N2O/c1-4-17-39(18-5-1)45-23-12-14-28-54(45)60(55-29-16-27-52-49-25-13-15-30-56(49)61-58(52)55)44-33-36-48-51-34-31-40-37-43(59(41-19-6-2-7-20-41)42-21-8-3-9-22-42)32-35-46(40)57(51)50-26-11-10-24-47(50)53(48)38-44/h1-38H. The molecular formula is C58H38N2O. The first-order valence-corrected chi connectivity index (χ1v) is 20.8. The van der Waals surface area contributed by atoms with Crippen LogP contribution in [0.15, 0.2) is 235 Å². The van der Waals surface area contributed by atoms with Gasteiger partial charge in [0.05, 0.1) is 11.4 Å². The van der Waals surface area contributed by atoms with Crippen molar-refractivity contribution in [2.75, 3.05) is 9.80 Å². The number of fused-ring (bicyclic) bond motifs is 11. The molecule has 0 amide bonds. The molecule has 61 heavy (non-hydrogen) atoms. The minimum atomic E-state index is 0.860. The van der Waals surface area contributed by atoms with E-state index in [0.717, 1.165) is 67.2 Å². The van der Waals surface area contributed by atoms with Gasteiger partial charge in [0.2, 0.25) is 0 Å². The smallest absolute Gasteiger partial charge is 0.159 e. The Kier molecular flexibility index (Phi) is 8.17. The molecule has 1 heterocycles. The highest BCUT2D eigenvalue weighted by Crippen LogP contribution is 2.48. The molecule has 0 aliphatic heterocycles. The van der Waals surface area contributed by atoms with E-state index >= 15 is 0 Å². The van der Waals surface area contributed by atoms with Crippen molar-refractivity contribution in [2.24, 2.45) is 0 Å². The third kappa shape index (κ3) is 5.74. The van der Waals surface area contributed by atoms with Gasteiger partial charge >= 0.3 is 0 Å². The van der Waals surface area contributed by atoms with Crippen LogP contribution in [-0.4, -0.2) is 0 Å². The molecule has 0 radical (unpaired) electrons. The third-order valence-corrected chi connectivity index (χ3v) is 12.2. The van der Waals surface area contributed by atoms with Crippen molar-refractivity contribution in [1.29, 1.82) is 0 Å². The van der Waals surface area contributed by atoms with Crippen molar-refractivity contribution in [3.8, 4) is 11.1 Å². The minimum absolute atomic E-state index is 0.860. The van der Waals surface area contributed by atoms with Gasteiger partial charge in [-0.2, -0.15) is 0 Å². The van der Waals surface area contributed by atoms with Gasteiger partial charge in [-0.1, -0.05) is 164 Å². The summed E-state index contributed by atoms with van der Waals surface area (Å²) in [5.74, 6) is 0. The maximum Gasteiger partial charge on any atom is 0.159 e. The zero-order valence-electron chi connectivity index (χ0n) is 33.2. The first-order chi connectivity index (χ1) is 30.3. The summed E-state index contributed by atoms with van der Waals surface area (Å²) in [6.45, 7) is 0. The predicted octanol–water partition coefficient (Wildman–Crippen LogP) is 16.8. The molecule has 0 unspecified atom stereocenters. The number of hydrogen-bond acceptors (Lipinski definition) is 3. The second kappa shape index (κ2) is 14.3. The molecule has 0 bridgehead atoms. The molecule has 0 atom stereocenters. The summed E-state index contributed by atoms with van der Waals surface area (Å²) in [4.78, 5) is 4.72. The molecule has 12 aromatic rings. The first-order valence-electron chi connectivity index (χ1n) is 20.8. The molecule has 12 rings (SSSR count). The maximum absolute atomic E-state index is 6.74. The van der Waals surface area contributed by atoms with Crippen molar-refractivity contribution < 1.29 is 4.42 Å². The van der Waals surface area contributed by atoms with E-state index in [1.54, 1.807) is 0 Å². The van der Waals surface area contributed by atoms with Gasteiger partial charge in [-0.3, -0.25) is 0 Å². The predicted molar refractivity (Wildman–Crippen MR) is 259 cm³/mol. The van der Waals surface area contributed by atoms with E-state index in [1.807, 2.05) is 6.07 Å². The summed E-state index contributed by atoms with van der Waals surface area (Å²) in [5, 5.41) is 12.0. The number of anilines is 6. The first kappa shape index (κ1) is 34.9. The van der Waals surface area contributed by atoms with Gasteiger partial charge < -0.3 is 14.2 Å². The maximum atomic E-state index is 6.74. The van der Waals surface area contributed by atoms with E-state index in [2.05, 4.69) is 234 Å². The number of hydrogen-bond donors (Lipinski definition) is 0. The van der Waals surface area contributed by atoms with E-state index in [9.17, 15) is 0 Å². The van der Waals surface area contributed by atoms with Gasteiger partial charge in [0.15, 0.2) is 5.58 Å². The van der Waals surface area contributed by atoms with Crippen LogP contribution in [0.5, 0.6) is 0 Å². The summed E-state index contributed by atoms with van der Waals surface area (Å²) in [7, 11) is 0. The molecule has 11 aromatic carbocycles. The number of benzene rings is 11. The quantitative estimate of drug-likeness (QED) is 0.150. The Morgan fingerprint density at radius 2 is 0.836 bits per heavy atom. The second-order valence-corrected chi connectivity index (χ2v) is 15.6. The Morgan fingerprint density at radius 3 is 1.61 bits per heavy atom. The fraction of sp³-hybridized carbons (Fsp3) is 0. The lowest BCUT2D eigenvalue weighted by Gasteiger charge is -2.28.